The zero-order valence-corrected chi connectivity index (χ0v) is 7.60. The predicted octanol–water partition coefficient (Wildman–Crippen LogP) is 0.938. The van der Waals surface area contributed by atoms with Crippen LogP contribution in [0, 0.1) is 6.92 Å². The molecule has 0 fully saturated rings. The lowest BCUT2D eigenvalue weighted by Gasteiger charge is -2.00. The molecule has 2 N–H and O–H groups in total. The minimum absolute atomic E-state index is 0.0544. The smallest absolute Gasteiger partial charge is 0.262 e. The third-order valence-corrected chi connectivity index (χ3v) is 2.06. The number of nitrogens with one attached hydrogen (secondary N) is 1. The van der Waals surface area contributed by atoms with Crippen LogP contribution in [-0.4, -0.2) is 10.1 Å². The molecule has 0 spiro atoms. The number of aromatic amines is 1. The lowest BCUT2D eigenvalue weighted by molar-refractivity contribution is 0.280. The zero-order chi connectivity index (χ0) is 8.43. The van der Waals surface area contributed by atoms with E-state index in [0.717, 1.165) is 5.56 Å². The van der Waals surface area contributed by atoms with Gasteiger partial charge in [0, 0.05) is 5.69 Å². The number of H-pyrrole nitrogens is 1. The van der Waals surface area contributed by atoms with Crippen LogP contribution in [0.25, 0.3) is 0 Å². The summed E-state index contributed by atoms with van der Waals surface area (Å²) in [5.74, 6) is 0. The van der Waals surface area contributed by atoms with E-state index in [0.29, 0.717) is 10.2 Å². The fourth-order valence-electron chi connectivity index (χ4n) is 0.801. The van der Waals surface area contributed by atoms with Crippen molar-refractivity contribution in [2.24, 2.45) is 0 Å². The molecule has 0 unspecified atom stereocenters. The number of aromatic nitrogens is 1. The van der Waals surface area contributed by atoms with E-state index in [1.165, 1.54) is 0 Å². The molecule has 0 aliphatic carbocycles. The molecule has 0 aliphatic rings. The Balaban J connectivity index is 3.32. The minimum Gasteiger partial charge on any atom is -0.392 e. The molecule has 0 saturated heterocycles. The number of pyridine rings is 1. The molecule has 0 atom stereocenters. The Hall–Kier alpha value is -0.610. The van der Waals surface area contributed by atoms with E-state index in [2.05, 4.69) is 20.9 Å². The standard InChI is InChI=1S/C7H8BrNO2/c1-4-5(3-10)2-6(8)7(11)9-4/h2,10H,3H2,1H3,(H,9,11). The molecule has 11 heavy (non-hydrogen) atoms. The molecular weight excluding hydrogens is 210 g/mol. The summed E-state index contributed by atoms with van der Waals surface area (Å²) < 4.78 is 0.451. The van der Waals surface area contributed by atoms with Gasteiger partial charge < -0.3 is 10.1 Å². The minimum atomic E-state index is -0.167. The monoisotopic (exact) mass is 217 g/mol. The summed E-state index contributed by atoms with van der Waals surface area (Å²) in [7, 11) is 0. The van der Waals surface area contributed by atoms with Crippen molar-refractivity contribution in [1.82, 2.24) is 4.98 Å². The van der Waals surface area contributed by atoms with E-state index in [-0.39, 0.29) is 12.2 Å². The van der Waals surface area contributed by atoms with Gasteiger partial charge in [-0.3, -0.25) is 4.79 Å². The Morgan fingerprint density at radius 2 is 2.36 bits per heavy atom. The van der Waals surface area contributed by atoms with Gasteiger partial charge in [0.25, 0.3) is 5.56 Å². The number of aliphatic hydroxyl groups is 1. The largest absolute Gasteiger partial charge is 0.392 e. The first-order valence-electron chi connectivity index (χ1n) is 3.14. The van der Waals surface area contributed by atoms with Crippen LogP contribution in [0.15, 0.2) is 15.3 Å². The van der Waals surface area contributed by atoms with Gasteiger partial charge in [0.1, 0.15) is 0 Å². The molecule has 1 aromatic heterocycles. The zero-order valence-electron chi connectivity index (χ0n) is 6.02. The highest BCUT2D eigenvalue weighted by Gasteiger charge is 2.00. The maximum Gasteiger partial charge on any atom is 0.262 e. The van der Waals surface area contributed by atoms with Crippen molar-refractivity contribution in [3.8, 4) is 0 Å². The predicted molar refractivity (Wildman–Crippen MR) is 45.4 cm³/mol. The summed E-state index contributed by atoms with van der Waals surface area (Å²) in [6.07, 6.45) is 0. The van der Waals surface area contributed by atoms with Crippen LogP contribution < -0.4 is 5.56 Å². The summed E-state index contributed by atoms with van der Waals surface area (Å²) in [6, 6.07) is 1.62. The van der Waals surface area contributed by atoms with Crippen molar-refractivity contribution in [3.05, 3.63) is 32.2 Å². The number of aliphatic hydroxyl groups excluding tert-OH is 1. The van der Waals surface area contributed by atoms with Crippen LogP contribution in [0.3, 0.4) is 0 Å². The first kappa shape index (κ1) is 8.49. The average molecular weight is 218 g/mol. The van der Waals surface area contributed by atoms with Gasteiger partial charge in [-0.25, -0.2) is 0 Å². The second-order valence-corrected chi connectivity index (χ2v) is 3.11. The number of halogens is 1. The normalized spacial score (nSPS) is 10.1. The van der Waals surface area contributed by atoms with Gasteiger partial charge in [0.15, 0.2) is 0 Å². The summed E-state index contributed by atoms with van der Waals surface area (Å²) in [5.41, 5.74) is 1.27. The van der Waals surface area contributed by atoms with Crippen molar-refractivity contribution >= 4 is 15.9 Å². The molecule has 60 valence electrons. The number of hydrogen-bond donors (Lipinski definition) is 2. The van der Waals surface area contributed by atoms with E-state index < -0.39 is 0 Å². The van der Waals surface area contributed by atoms with Crippen LogP contribution in [0.5, 0.6) is 0 Å². The van der Waals surface area contributed by atoms with Crippen LogP contribution in [0.2, 0.25) is 0 Å². The van der Waals surface area contributed by atoms with Crippen molar-refractivity contribution in [2.75, 3.05) is 0 Å². The highest BCUT2D eigenvalue weighted by Crippen LogP contribution is 2.08. The topological polar surface area (TPSA) is 53.1 Å². The molecule has 0 amide bonds. The second-order valence-electron chi connectivity index (χ2n) is 2.25. The van der Waals surface area contributed by atoms with E-state index in [9.17, 15) is 4.79 Å². The van der Waals surface area contributed by atoms with Gasteiger partial charge in [-0.2, -0.15) is 0 Å². The third-order valence-electron chi connectivity index (χ3n) is 1.47. The van der Waals surface area contributed by atoms with E-state index >= 15 is 0 Å². The van der Waals surface area contributed by atoms with Gasteiger partial charge in [0.2, 0.25) is 0 Å². The van der Waals surface area contributed by atoms with E-state index in [4.69, 9.17) is 5.11 Å². The Bertz CT molecular complexity index is 319. The van der Waals surface area contributed by atoms with Gasteiger partial charge >= 0.3 is 0 Å². The maximum atomic E-state index is 10.9. The van der Waals surface area contributed by atoms with Gasteiger partial charge in [-0.05, 0) is 34.5 Å². The summed E-state index contributed by atoms with van der Waals surface area (Å²) >= 11 is 3.07. The van der Waals surface area contributed by atoms with Crippen LogP contribution in [-0.2, 0) is 6.61 Å². The van der Waals surface area contributed by atoms with Crippen molar-refractivity contribution in [3.63, 3.8) is 0 Å². The molecule has 0 aromatic carbocycles. The van der Waals surface area contributed by atoms with Crippen LogP contribution in [0.4, 0.5) is 0 Å². The molecule has 1 aromatic rings. The summed E-state index contributed by atoms with van der Waals surface area (Å²) in [4.78, 5) is 13.5. The molecule has 4 heteroatoms. The summed E-state index contributed by atoms with van der Waals surface area (Å²) in [5, 5.41) is 8.79. The molecule has 3 nitrogen and oxygen atoms in total. The Morgan fingerprint density at radius 1 is 1.73 bits per heavy atom. The highest BCUT2D eigenvalue weighted by atomic mass is 79.9. The molecule has 0 aliphatic heterocycles. The highest BCUT2D eigenvalue weighted by molar-refractivity contribution is 9.10. The molecule has 0 saturated carbocycles. The maximum absolute atomic E-state index is 10.9. The Kier molecular flexibility index (Phi) is 2.46. The first-order valence-corrected chi connectivity index (χ1v) is 3.93. The van der Waals surface area contributed by atoms with Gasteiger partial charge in [-0.15, -0.1) is 0 Å². The first-order chi connectivity index (χ1) is 5.15. The Labute approximate surface area is 72.2 Å². The molecular formula is C7H8BrNO2. The lowest BCUT2D eigenvalue weighted by Crippen LogP contribution is -2.10. The van der Waals surface area contributed by atoms with Gasteiger partial charge in [-0.1, -0.05) is 0 Å². The fraction of sp³-hybridized carbons (Fsp3) is 0.286. The average Bonchev–Trinajstić information content (AvgIpc) is 1.97. The SMILES string of the molecule is Cc1[nH]c(=O)c(Br)cc1CO. The van der Waals surface area contributed by atoms with E-state index in [1.54, 1.807) is 13.0 Å². The molecule has 1 heterocycles. The van der Waals surface area contributed by atoms with Crippen molar-refractivity contribution in [1.29, 1.82) is 0 Å². The lowest BCUT2D eigenvalue weighted by atomic mass is 10.2. The van der Waals surface area contributed by atoms with Crippen molar-refractivity contribution < 1.29 is 5.11 Å². The van der Waals surface area contributed by atoms with Crippen LogP contribution >= 0.6 is 15.9 Å². The summed E-state index contributed by atoms with van der Waals surface area (Å²) in [6.45, 7) is 1.70. The van der Waals surface area contributed by atoms with Crippen LogP contribution in [0.1, 0.15) is 11.3 Å². The molecule has 0 radical (unpaired) electrons. The fourth-order valence-corrected chi connectivity index (χ4v) is 1.18. The van der Waals surface area contributed by atoms with Crippen molar-refractivity contribution in [2.45, 2.75) is 13.5 Å². The third kappa shape index (κ3) is 1.70. The number of hydrogen-bond acceptors (Lipinski definition) is 2. The number of rotatable bonds is 1. The van der Waals surface area contributed by atoms with Gasteiger partial charge in [0.05, 0.1) is 11.1 Å². The molecule has 1 rings (SSSR count). The number of aryl methyl sites for hydroxylation is 1. The van der Waals surface area contributed by atoms with E-state index in [1.807, 2.05) is 0 Å². The quantitative estimate of drug-likeness (QED) is 0.736. The Morgan fingerprint density at radius 3 is 2.91 bits per heavy atom. The second kappa shape index (κ2) is 3.19. The molecule has 0 bridgehead atoms.